The molecule has 6 nitrogen and oxygen atoms in total. The number of hydrogen-bond donors (Lipinski definition) is 2. The highest BCUT2D eigenvalue weighted by molar-refractivity contribution is 7.91. The summed E-state index contributed by atoms with van der Waals surface area (Å²) in [5.74, 6) is -3.27. The molecule has 18 heavy (non-hydrogen) atoms. The standard InChI is InChI=1S/C10H9FN2O4S/c11-6-1-2-7-8(3-6)13-9(12-7)4-18(16,17)5-10(14)15/h1-3H,4-5H2,(H,12,13)(H,14,15). The van der Waals surface area contributed by atoms with Crippen LogP contribution in [0, 0.1) is 5.82 Å². The largest absolute Gasteiger partial charge is 0.480 e. The summed E-state index contributed by atoms with van der Waals surface area (Å²) < 4.78 is 35.8. The molecule has 2 aromatic rings. The molecule has 0 aliphatic rings. The van der Waals surface area contributed by atoms with E-state index in [0.29, 0.717) is 11.0 Å². The highest BCUT2D eigenvalue weighted by Crippen LogP contribution is 2.14. The Kier molecular flexibility index (Phi) is 3.04. The van der Waals surface area contributed by atoms with Gasteiger partial charge in [-0.3, -0.25) is 4.79 Å². The van der Waals surface area contributed by atoms with Crippen molar-refractivity contribution in [1.29, 1.82) is 0 Å². The molecule has 2 N–H and O–H groups in total. The van der Waals surface area contributed by atoms with Crippen molar-refractivity contribution in [3.05, 3.63) is 29.8 Å². The van der Waals surface area contributed by atoms with Gasteiger partial charge in [-0.05, 0) is 18.2 Å². The van der Waals surface area contributed by atoms with Crippen LogP contribution in [0.2, 0.25) is 0 Å². The second kappa shape index (κ2) is 4.37. The molecule has 0 radical (unpaired) electrons. The lowest BCUT2D eigenvalue weighted by Crippen LogP contribution is -2.17. The van der Waals surface area contributed by atoms with Crippen LogP contribution in [0.1, 0.15) is 5.82 Å². The van der Waals surface area contributed by atoms with Crippen molar-refractivity contribution in [2.45, 2.75) is 5.75 Å². The van der Waals surface area contributed by atoms with Crippen molar-refractivity contribution in [2.75, 3.05) is 5.75 Å². The molecule has 0 bridgehead atoms. The predicted molar refractivity (Wildman–Crippen MR) is 61.2 cm³/mol. The number of H-pyrrole nitrogens is 1. The third kappa shape index (κ3) is 2.83. The fraction of sp³-hybridized carbons (Fsp3) is 0.200. The van der Waals surface area contributed by atoms with E-state index < -0.39 is 33.1 Å². The first kappa shape index (κ1) is 12.5. The van der Waals surface area contributed by atoms with Gasteiger partial charge in [0, 0.05) is 0 Å². The van der Waals surface area contributed by atoms with Crippen LogP contribution < -0.4 is 0 Å². The average molecular weight is 272 g/mol. The van der Waals surface area contributed by atoms with E-state index in [0.717, 1.165) is 0 Å². The molecule has 0 amide bonds. The Morgan fingerprint density at radius 2 is 2.17 bits per heavy atom. The lowest BCUT2D eigenvalue weighted by Gasteiger charge is -1.97. The van der Waals surface area contributed by atoms with Crippen LogP contribution in [0.5, 0.6) is 0 Å². The number of aliphatic carboxylic acids is 1. The van der Waals surface area contributed by atoms with Gasteiger partial charge in [0.05, 0.1) is 11.0 Å². The summed E-state index contributed by atoms with van der Waals surface area (Å²) in [5.41, 5.74) is 0.799. The van der Waals surface area contributed by atoms with Gasteiger partial charge in [-0.15, -0.1) is 0 Å². The molecular weight excluding hydrogens is 263 g/mol. The van der Waals surface area contributed by atoms with Gasteiger partial charge in [-0.2, -0.15) is 0 Å². The second-order valence-electron chi connectivity index (χ2n) is 3.77. The first-order chi connectivity index (χ1) is 8.35. The number of nitrogens with one attached hydrogen (secondary N) is 1. The van der Waals surface area contributed by atoms with Gasteiger partial charge < -0.3 is 10.1 Å². The van der Waals surface area contributed by atoms with Gasteiger partial charge in [-0.25, -0.2) is 17.8 Å². The van der Waals surface area contributed by atoms with E-state index >= 15 is 0 Å². The molecule has 1 aromatic heterocycles. The third-order valence-corrected chi connectivity index (χ3v) is 3.59. The Labute approximate surface area is 101 Å². The number of rotatable bonds is 4. The van der Waals surface area contributed by atoms with E-state index in [9.17, 15) is 17.6 Å². The zero-order valence-corrected chi connectivity index (χ0v) is 9.87. The first-order valence-electron chi connectivity index (χ1n) is 4.92. The van der Waals surface area contributed by atoms with Gasteiger partial charge in [0.15, 0.2) is 9.84 Å². The normalized spacial score (nSPS) is 11.8. The number of aromatic nitrogens is 2. The Morgan fingerprint density at radius 3 is 2.83 bits per heavy atom. The van der Waals surface area contributed by atoms with Crippen molar-refractivity contribution >= 4 is 26.8 Å². The van der Waals surface area contributed by atoms with Crippen molar-refractivity contribution in [3.63, 3.8) is 0 Å². The molecule has 0 aliphatic heterocycles. The number of hydrogen-bond acceptors (Lipinski definition) is 4. The van der Waals surface area contributed by atoms with E-state index in [2.05, 4.69) is 9.97 Å². The maximum Gasteiger partial charge on any atom is 0.318 e. The summed E-state index contributed by atoms with van der Waals surface area (Å²) in [6.07, 6.45) is 0. The zero-order valence-electron chi connectivity index (χ0n) is 9.05. The first-order valence-corrected chi connectivity index (χ1v) is 6.74. The maximum absolute atomic E-state index is 12.9. The Balaban J connectivity index is 2.30. The summed E-state index contributed by atoms with van der Waals surface area (Å²) in [5, 5.41) is 8.44. The summed E-state index contributed by atoms with van der Waals surface area (Å²) in [4.78, 5) is 17.0. The van der Waals surface area contributed by atoms with Crippen LogP contribution >= 0.6 is 0 Å². The molecule has 0 atom stereocenters. The van der Waals surface area contributed by atoms with E-state index in [-0.39, 0.29) is 5.82 Å². The number of carboxylic acid groups (broad SMARTS) is 1. The fourth-order valence-electron chi connectivity index (χ4n) is 1.55. The number of sulfone groups is 1. The number of carbonyl (C=O) groups is 1. The molecule has 96 valence electrons. The van der Waals surface area contributed by atoms with Crippen LogP contribution in [-0.2, 0) is 20.4 Å². The van der Waals surface area contributed by atoms with E-state index in [1.165, 1.54) is 18.2 Å². The average Bonchev–Trinajstić information content (AvgIpc) is 2.55. The number of imidazole rings is 1. The molecule has 1 aromatic carbocycles. The van der Waals surface area contributed by atoms with Gasteiger partial charge in [0.1, 0.15) is 23.1 Å². The van der Waals surface area contributed by atoms with Crippen LogP contribution in [0.4, 0.5) is 4.39 Å². The third-order valence-electron chi connectivity index (χ3n) is 2.19. The highest BCUT2D eigenvalue weighted by atomic mass is 32.2. The van der Waals surface area contributed by atoms with Crippen LogP contribution in [0.15, 0.2) is 18.2 Å². The molecular formula is C10H9FN2O4S. The number of halogens is 1. The smallest absolute Gasteiger partial charge is 0.318 e. The molecule has 0 aliphatic carbocycles. The Morgan fingerprint density at radius 1 is 1.44 bits per heavy atom. The lowest BCUT2D eigenvalue weighted by molar-refractivity contribution is -0.134. The van der Waals surface area contributed by atoms with E-state index in [1.807, 2.05) is 0 Å². The van der Waals surface area contributed by atoms with Gasteiger partial charge in [0.25, 0.3) is 0 Å². The second-order valence-corrected chi connectivity index (χ2v) is 5.84. The number of benzene rings is 1. The molecule has 8 heteroatoms. The number of fused-ring (bicyclic) bond motifs is 1. The van der Waals surface area contributed by atoms with Crippen LogP contribution in [0.25, 0.3) is 11.0 Å². The van der Waals surface area contributed by atoms with Crippen molar-refractivity contribution < 1.29 is 22.7 Å². The topological polar surface area (TPSA) is 100 Å². The quantitative estimate of drug-likeness (QED) is 0.853. The summed E-state index contributed by atoms with van der Waals surface area (Å²) >= 11 is 0. The fourth-order valence-corrected chi connectivity index (χ4v) is 2.58. The minimum absolute atomic E-state index is 0.0943. The summed E-state index contributed by atoms with van der Waals surface area (Å²) in [7, 11) is -3.78. The van der Waals surface area contributed by atoms with Crippen molar-refractivity contribution in [1.82, 2.24) is 9.97 Å². The molecule has 0 saturated carbocycles. The Bertz CT molecular complexity index is 708. The van der Waals surface area contributed by atoms with Gasteiger partial charge in [-0.1, -0.05) is 0 Å². The monoisotopic (exact) mass is 272 g/mol. The SMILES string of the molecule is O=C(O)CS(=O)(=O)Cc1nc2ccc(F)cc2[nH]1. The van der Waals surface area contributed by atoms with E-state index in [4.69, 9.17) is 5.11 Å². The Hall–Kier alpha value is -1.96. The number of carboxylic acids is 1. The summed E-state index contributed by atoms with van der Waals surface area (Å²) in [6.45, 7) is 0. The molecule has 1 heterocycles. The minimum atomic E-state index is -3.78. The van der Waals surface area contributed by atoms with Gasteiger partial charge >= 0.3 is 5.97 Å². The van der Waals surface area contributed by atoms with Crippen LogP contribution in [-0.4, -0.2) is 35.2 Å². The number of nitrogens with zero attached hydrogens (tertiary/aromatic N) is 1. The molecule has 0 unspecified atom stereocenters. The molecule has 0 saturated heterocycles. The molecule has 0 fully saturated rings. The van der Waals surface area contributed by atoms with Crippen molar-refractivity contribution in [3.8, 4) is 0 Å². The van der Waals surface area contributed by atoms with Gasteiger partial charge in [0.2, 0.25) is 0 Å². The maximum atomic E-state index is 12.9. The lowest BCUT2D eigenvalue weighted by atomic mass is 10.3. The predicted octanol–water partition coefficient (Wildman–Crippen LogP) is 0.701. The molecule has 0 spiro atoms. The highest BCUT2D eigenvalue weighted by Gasteiger charge is 2.18. The van der Waals surface area contributed by atoms with E-state index in [1.54, 1.807) is 0 Å². The van der Waals surface area contributed by atoms with Crippen LogP contribution in [0.3, 0.4) is 0 Å². The summed E-state index contributed by atoms with van der Waals surface area (Å²) in [6, 6.07) is 3.81. The zero-order chi connectivity index (χ0) is 13.3. The minimum Gasteiger partial charge on any atom is -0.480 e. The molecule has 2 rings (SSSR count). The number of aromatic amines is 1. The van der Waals surface area contributed by atoms with Crippen molar-refractivity contribution in [2.24, 2.45) is 0 Å².